The summed E-state index contributed by atoms with van der Waals surface area (Å²) < 4.78 is 0. The molecule has 2 N–H and O–H groups in total. The molecule has 19 heavy (non-hydrogen) atoms. The van der Waals surface area contributed by atoms with Crippen molar-refractivity contribution in [1.82, 2.24) is 10.2 Å². The number of hydrogen-bond acceptors (Lipinski definition) is 3. The van der Waals surface area contributed by atoms with Crippen molar-refractivity contribution in [3.05, 3.63) is 35.4 Å². The van der Waals surface area contributed by atoms with Crippen molar-refractivity contribution >= 4 is 11.8 Å². The van der Waals surface area contributed by atoms with Crippen LogP contribution in [0.4, 0.5) is 0 Å². The van der Waals surface area contributed by atoms with E-state index in [0.29, 0.717) is 24.9 Å². The minimum atomic E-state index is -0.134. The molecule has 104 valence electrons. The molecule has 5 nitrogen and oxygen atoms in total. The van der Waals surface area contributed by atoms with Gasteiger partial charge in [0.15, 0.2) is 0 Å². The Morgan fingerprint density at radius 1 is 1.37 bits per heavy atom. The molecule has 0 bridgehead atoms. The summed E-state index contributed by atoms with van der Waals surface area (Å²) in [7, 11) is 3.25. The Kier molecular flexibility index (Phi) is 6.02. The molecule has 1 aromatic rings. The van der Waals surface area contributed by atoms with Gasteiger partial charge < -0.3 is 15.3 Å². The quantitative estimate of drug-likeness (QED) is 0.783. The van der Waals surface area contributed by atoms with E-state index in [2.05, 4.69) is 5.32 Å². The molecule has 0 fully saturated rings. The van der Waals surface area contributed by atoms with Gasteiger partial charge in [-0.3, -0.25) is 9.59 Å². The Labute approximate surface area is 113 Å². The summed E-state index contributed by atoms with van der Waals surface area (Å²) in [4.78, 5) is 24.7. The van der Waals surface area contributed by atoms with Crippen LogP contribution < -0.4 is 5.32 Å². The lowest BCUT2D eigenvalue weighted by molar-refractivity contribution is -0.130. The summed E-state index contributed by atoms with van der Waals surface area (Å²) in [5.74, 6) is -0.148. The Hall–Kier alpha value is -1.88. The van der Waals surface area contributed by atoms with E-state index in [0.717, 1.165) is 5.56 Å². The molecule has 0 aromatic heterocycles. The van der Waals surface area contributed by atoms with Gasteiger partial charge in [0.05, 0.1) is 6.61 Å². The number of likely N-dealkylation sites (N-methyl/N-ethyl adjacent to an activating group) is 1. The molecule has 0 saturated carbocycles. The number of aliphatic hydroxyl groups excluding tert-OH is 1. The van der Waals surface area contributed by atoms with Crippen LogP contribution in [0.25, 0.3) is 0 Å². The van der Waals surface area contributed by atoms with E-state index in [1.54, 1.807) is 26.2 Å². The summed E-state index contributed by atoms with van der Waals surface area (Å²) in [6.07, 6.45) is 0.952. The lowest BCUT2D eigenvalue weighted by atomic mass is 10.1. The lowest BCUT2D eigenvalue weighted by Gasteiger charge is -2.15. The lowest BCUT2D eigenvalue weighted by Crippen LogP contribution is -2.29. The first-order valence-corrected chi connectivity index (χ1v) is 6.24. The minimum Gasteiger partial charge on any atom is -0.395 e. The normalized spacial score (nSPS) is 10.1. The van der Waals surface area contributed by atoms with E-state index in [1.165, 1.54) is 4.90 Å². The zero-order chi connectivity index (χ0) is 14.3. The average Bonchev–Trinajstić information content (AvgIpc) is 2.44. The van der Waals surface area contributed by atoms with Crippen molar-refractivity contribution in [2.24, 2.45) is 0 Å². The zero-order valence-corrected chi connectivity index (χ0v) is 11.3. The van der Waals surface area contributed by atoms with Crippen molar-refractivity contribution in [2.75, 3.05) is 27.2 Å². The Balaban J connectivity index is 2.58. The largest absolute Gasteiger partial charge is 0.395 e. The molecule has 1 aromatic carbocycles. The van der Waals surface area contributed by atoms with Crippen molar-refractivity contribution in [2.45, 2.75) is 12.8 Å². The van der Waals surface area contributed by atoms with E-state index in [4.69, 9.17) is 5.11 Å². The second-order valence-corrected chi connectivity index (χ2v) is 4.32. The van der Waals surface area contributed by atoms with Gasteiger partial charge in [0.2, 0.25) is 5.91 Å². The van der Waals surface area contributed by atoms with Crippen LogP contribution in [0.1, 0.15) is 22.3 Å². The fourth-order valence-corrected chi connectivity index (χ4v) is 1.73. The van der Waals surface area contributed by atoms with Gasteiger partial charge in [-0.2, -0.15) is 0 Å². The number of hydrogen-bond donors (Lipinski definition) is 2. The third-order valence-electron chi connectivity index (χ3n) is 2.90. The summed E-state index contributed by atoms with van der Waals surface area (Å²) >= 11 is 0. The SMILES string of the molecule is CNC(=O)c1cccc(CCC(=O)N(C)CCO)c1. The van der Waals surface area contributed by atoms with Gasteiger partial charge in [-0.15, -0.1) is 0 Å². The molecule has 5 heteroatoms. The number of benzene rings is 1. The first kappa shape index (κ1) is 15.2. The van der Waals surface area contributed by atoms with Gasteiger partial charge in [0.1, 0.15) is 0 Å². The fraction of sp³-hybridized carbons (Fsp3) is 0.429. The second-order valence-electron chi connectivity index (χ2n) is 4.32. The van der Waals surface area contributed by atoms with Crippen LogP contribution in [0.5, 0.6) is 0 Å². The third-order valence-corrected chi connectivity index (χ3v) is 2.90. The number of nitrogens with one attached hydrogen (secondary N) is 1. The second kappa shape index (κ2) is 7.53. The molecule has 0 radical (unpaired) electrons. The first-order valence-electron chi connectivity index (χ1n) is 6.24. The molecule has 0 atom stereocenters. The molecule has 0 aliphatic rings. The molecule has 0 aliphatic heterocycles. The highest BCUT2D eigenvalue weighted by atomic mass is 16.3. The van der Waals surface area contributed by atoms with Crippen LogP contribution >= 0.6 is 0 Å². The third kappa shape index (κ3) is 4.71. The van der Waals surface area contributed by atoms with Gasteiger partial charge in [-0.05, 0) is 24.1 Å². The van der Waals surface area contributed by atoms with Crippen LogP contribution in [0.15, 0.2) is 24.3 Å². The average molecular weight is 264 g/mol. The monoisotopic (exact) mass is 264 g/mol. The molecule has 1 rings (SSSR count). The molecule has 0 aliphatic carbocycles. The Bertz CT molecular complexity index is 446. The summed E-state index contributed by atoms with van der Waals surface area (Å²) in [5, 5.41) is 11.3. The number of nitrogens with zero attached hydrogens (tertiary/aromatic N) is 1. The van der Waals surface area contributed by atoms with E-state index in [1.807, 2.05) is 12.1 Å². The minimum absolute atomic E-state index is 0.0144. The highest BCUT2D eigenvalue weighted by Gasteiger charge is 2.09. The van der Waals surface area contributed by atoms with Crippen molar-refractivity contribution in [3.8, 4) is 0 Å². The number of carbonyl (C=O) groups excluding carboxylic acids is 2. The Morgan fingerprint density at radius 3 is 2.74 bits per heavy atom. The van der Waals surface area contributed by atoms with Crippen LogP contribution in [0.3, 0.4) is 0 Å². The molecule has 0 saturated heterocycles. The molecule has 2 amide bonds. The molecule has 0 heterocycles. The predicted molar refractivity (Wildman–Crippen MR) is 72.9 cm³/mol. The first-order chi connectivity index (χ1) is 9.08. The van der Waals surface area contributed by atoms with Gasteiger partial charge in [0.25, 0.3) is 5.91 Å². The van der Waals surface area contributed by atoms with Crippen molar-refractivity contribution in [3.63, 3.8) is 0 Å². The maximum absolute atomic E-state index is 11.7. The van der Waals surface area contributed by atoms with Crippen LogP contribution in [0.2, 0.25) is 0 Å². The number of amides is 2. The van der Waals surface area contributed by atoms with Gasteiger partial charge in [0, 0.05) is 32.6 Å². The number of aliphatic hydroxyl groups is 1. The number of aryl methyl sites for hydroxylation is 1. The molecular weight excluding hydrogens is 244 g/mol. The fourth-order valence-electron chi connectivity index (χ4n) is 1.73. The maximum atomic E-state index is 11.7. The standard InChI is InChI=1S/C14H20N2O3/c1-15-14(19)12-5-3-4-11(10-12)6-7-13(18)16(2)8-9-17/h3-5,10,17H,6-9H2,1-2H3,(H,15,19). The predicted octanol–water partition coefficient (Wildman–Crippen LogP) is 0.429. The van der Waals surface area contributed by atoms with Crippen LogP contribution in [-0.2, 0) is 11.2 Å². The highest BCUT2D eigenvalue weighted by molar-refractivity contribution is 5.94. The van der Waals surface area contributed by atoms with E-state index in [-0.39, 0.29) is 18.4 Å². The topological polar surface area (TPSA) is 69.6 Å². The zero-order valence-electron chi connectivity index (χ0n) is 11.3. The smallest absolute Gasteiger partial charge is 0.251 e. The number of carbonyl (C=O) groups is 2. The van der Waals surface area contributed by atoms with Crippen LogP contribution in [-0.4, -0.2) is 49.1 Å². The van der Waals surface area contributed by atoms with E-state index in [9.17, 15) is 9.59 Å². The summed E-state index contributed by atoms with van der Waals surface area (Å²) in [5.41, 5.74) is 1.54. The van der Waals surface area contributed by atoms with Crippen molar-refractivity contribution in [1.29, 1.82) is 0 Å². The molecule has 0 unspecified atom stereocenters. The highest BCUT2D eigenvalue weighted by Crippen LogP contribution is 2.08. The maximum Gasteiger partial charge on any atom is 0.251 e. The summed E-state index contributed by atoms with van der Waals surface area (Å²) in [6.45, 7) is 0.311. The van der Waals surface area contributed by atoms with Gasteiger partial charge in [-0.25, -0.2) is 0 Å². The van der Waals surface area contributed by atoms with Gasteiger partial charge in [-0.1, -0.05) is 12.1 Å². The van der Waals surface area contributed by atoms with E-state index < -0.39 is 0 Å². The Morgan fingerprint density at radius 2 is 2.11 bits per heavy atom. The summed E-state index contributed by atoms with van der Waals surface area (Å²) in [6, 6.07) is 7.23. The molecule has 0 spiro atoms. The number of rotatable bonds is 6. The van der Waals surface area contributed by atoms with Crippen molar-refractivity contribution < 1.29 is 14.7 Å². The van der Waals surface area contributed by atoms with Gasteiger partial charge >= 0.3 is 0 Å². The van der Waals surface area contributed by atoms with Crippen LogP contribution in [0, 0.1) is 0 Å². The van der Waals surface area contributed by atoms with E-state index >= 15 is 0 Å². The molecular formula is C14H20N2O3.